The van der Waals surface area contributed by atoms with Gasteiger partial charge in [-0.15, -0.1) is 0 Å². The first-order valence-corrected chi connectivity index (χ1v) is 10.1. The van der Waals surface area contributed by atoms with Gasteiger partial charge in [0.15, 0.2) is 0 Å². The third kappa shape index (κ3) is 3.87. The Morgan fingerprint density at radius 2 is 2.11 bits per heavy atom. The van der Waals surface area contributed by atoms with Crippen molar-refractivity contribution in [2.75, 3.05) is 13.1 Å². The number of fused-ring (bicyclic) bond motifs is 1. The quantitative estimate of drug-likeness (QED) is 0.672. The van der Waals surface area contributed by atoms with Crippen LogP contribution in [0.5, 0.6) is 0 Å². The number of H-pyrrole nitrogens is 1. The van der Waals surface area contributed by atoms with E-state index in [0.717, 1.165) is 44.2 Å². The molecule has 7 heteroatoms. The van der Waals surface area contributed by atoms with Crippen LogP contribution in [0.15, 0.2) is 12.3 Å². The van der Waals surface area contributed by atoms with Gasteiger partial charge in [-0.3, -0.25) is 14.4 Å². The number of aromatic nitrogens is 1. The Morgan fingerprint density at radius 1 is 1.30 bits per heavy atom. The highest BCUT2D eigenvalue weighted by molar-refractivity contribution is 5.98. The lowest BCUT2D eigenvalue weighted by Gasteiger charge is -2.34. The van der Waals surface area contributed by atoms with Crippen LogP contribution in [0.25, 0.3) is 0 Å². The first-order chi connectivity index (χ1) is 13.0. The first-order valence-electron chi connectivity index (χ1n) is 10.1. The van der Waals surface area contributed by atoms with Gasteiger partial charge in [0.05, 0.1) is 0 Å². The fourth-order valence-electron chi connectivity index (χ4n) is 4.33. The van der Waals surface area contributed by atoms with Crippen molar-refractivity contribution in [1.82, 2.24) is 20.5 Å². The summed E-state index contributed by atoms with van der Waals surface area (Å²) in [5.41, 5.74) is 1.65. The van der Waals surface area contributed by atoms with E-state index in [9.17, 15) is 14.4 Å². The van der Waals surface area contributed by atoms with Crippen LogP contribution in [0.1, 0.15) is 55.1 Å². The number of nitrogens with one attached hydrogen (secondary N) is 3. The van der Waals surface area contributed by atoms with Crippen molar-refractivity contribution in [3.8, 4) is 0 Å². The third-order valence-electron chi connectivity index (χ3n) is 6.05. The summed E-state index contributed by atoms with van der Waals surface area (Å²) < 4.78 is 0. The number of nitrogens with zero attached hydrogens (tertiary/aromatic N) is 1. The summed E-state index contributed by atoms with van der Waals surface area (Å²) in [6, 6.07) is 1.42. The normalized spacial score (nSPS) is 24.3. The molecule has 0 radical (unpaired) electrons. The standard InChI is InChI=1S/C20H28N4O3/c1-12(10-15-5-8-22-18(15)25)23-19(26)16(11-13-2-3-13)24-9-6-14-4-7-21-17(14)20(24)27/h4,7,12-13,15-16,21H,2-3,5-6,8-11H2,1H3,(H,22,25)(H,23,26)/t12-,15+,16+/m1/s1. The van der Waals surface area contributed by atoms with Gasteiger partial charge < -0.3 is 20.5 Å². The molecule has 4 rings (SSSR count). The molecular formula is C20H28N4O3. The van der Waals surface area contributed by atoms with Gasteiger partial charge in [0.2, 0.25) is 11.8 Å². The third-order valence-corrected chi connectivity index (χ3v) is 6.05. The monoisotopic (exact) mass is 372 g/mol. The van der Waals surface area contributed by atoms with Crippen LogP contribution in [0, 0.1) is 11.8 Å². The number of carbonyl (C=O) groups is 3. The summed E-state index contributed by atoms with van der Waals surface area (Å²) in [5.74, 6) is 0.423. The molecular weight excluding hydrogens is 344 g/mol. The van der Waals surface area contributed by atoms with Gasteiger partial charge in [0, 0.05) is 31.2 Å². The predicted molar refractivity (Wildman–Crippen MR) is 100 cm³/mol. The van der Waals surface area contributed by atoms with Gasteiger partial charge in [-0.2, -0.15) is 0 Å². The SMILES string of the molecule is C[C@H](C[C@@H]1CCNC1=O)NC(=O)[C@H](CC1CC1)N1CCc2cc[nH]c2C1=O. The van der Waals surface area contributed by atoms with Crippen molar-refractivity contribution >= 4 is 17.7 Å². The van der Waals surface area contributed by atoms with Gasteiger partial charge in [0.25, 0.3) is 5.91 Å². The number of hydrogen-bond acceptors (Lipinski definition) is 3. The average Bonchev–Trinajstić information content (AvgIpc) is 3.16. The highest BCUT2D eigenvalue weighted by Crippen LogP contribution is 2.35. The average molecular weight is 372 g/mol. The van der Waals surface area contributed by atoms with Crippen molar-refractivity contribution < 1.29 is 14.4 Å². The number of rotatable bonds is 7. The smallest absolute Gasteiger partial charge is 0.271 e. The molecule has 0 spiro atoms. The molecule has 1 aliphatic carbocycles. The number of hydrogen-bond donors (Lipinski definition) is 3. The fourth-order valence-corrected chi connectivity index (χ4v) is 4.33. The molecule has 0 aromatic carbocycles. The van der Waals surface area contributed by atoms with E-state index in [1.54, 1.807) is 11.1 Å². The second-order valence-electron chi connectivity index (χ2n) is 8.24. The first kappa shape index (κ1) is 18.1. The van der Waals surface area contributed by atoms with Crippen molar-refractivity contribution in [3.05, 3.63) is 23.5 Å². The minimum absolute atomic E-state index is 0.0275. The van der Waals surface area contributed by atoms with E-state index in [1.807, 2.05) is 13.0 Å². The molecule has 0 bridgehead atoms. The molecule has 1 saturated carbocycles. The lowest BCUT2D eigenvalue weighted by molar-refractivity contribution is -0.127. The Bertz CT molecular complexity index is 739. The lowest BCUT2D eigenvalue weighted by atomic mass is 9.98. The molecule has 146 valence electrons. The predicted octanol–water partition coefficient (Wildman–Crippen LogP) is 1.21. The Balaban J connectivity index is 1.43. The minimum Gasteiger partial charge on any atom is -0.357 e. The summed E-state index contributed by atoms with van der Waals surface area (Å²) in [5, 5.41) is 5.91. The molecule has 3 N–H and O–H groups in total. The maximum absolute atomic E-state index is 13.1. The zero-order valence-corrected chi connectivity index (χ0v) is 15.8. The van der Waals surface area contributed by atoms with E-state index in [4.69, 9.17) is 0 Å². The summed E-state index contributed by atoms with van der Waals surface area (Å²) in [6.45, 7) is 3.24. The summed E-state index contributed by atoms with van der Waals surface area (Å²) in [7, 11) is 0. The summed E-state index contributed by atoms with van der Waals surface area (Å²) in [4.78, 5) is 42.5. The van der Waals surface area contributed by atoms with Crippen molar-refractivity contribution in [3.63, 3.8) is 0 Å². The van der Waals surface area contributed by atoms with Gasteiger partial charge in [0.1, 0.15) is 11.7 Å². The molecule has 1 aromatic rings. The van der Waals surface area contributed by atoms with E-state index in [1.165, 1.54) is 0 Å². The molecule has 27 heavy (non-hydrogen) atoms. The largest absolute Gasteiger partial charge is 0.357 e. The van der Waals surface area contributed by atoms with E-state index in [0.29, 0.717) is 24.6 Å². The van der Waals surface area contributed by atoms with Crippen molar-refractivity contribution in [1.29, 1.82) is 0 Å². The maximum Gasteiger partial charge on any atom is 0.271 e. The topological polar surface area (TPSA) is 94.3 Å². The molecule has 3 atom stereocenters. The number of carbonyl (C=O) groups excluding carboxylic acids is 3. The van der Waals surface area contributed by atoms with Crippen LogP contribution in [0.3, 0.4) is 0 Å². The van der Waals surface area contributed by atoms with E-state index >= 15 is 0 Å². The van der Waals surface area contributed by atoms with E-state index < -0.39 is 6.04 Å². The van der Waals surface area contributed by atoms with Crippen LogP contribution in [0.2, 0.25) is 0 Å². The molecule has 1 saturated heterocycles. The van der Waals surface area contributed by atoms with Gasteiger partial charge >= 0.3 is 0 Å². The highest BCUT2D eigenvalue weighted by atomic mass is 16.2. The van der Waals surface area contributed by atoms with Crippen LogP contribution in [0.4, 0.5) is 0 Å². The fraction of sp³-hybridized carbons (Fsp3) is 0.650. The Labute approximate surface area is 159 Å². The van der Waals surface area contributed by atoms with Crippen LogP contribution in [-0.4, -0.2) is 52.8 Å². The zero-order chi connectivity index (χ0) is 19.0. The molecule has 3 aliphatic rings. The van der Waals surface area contributed by atoms with Crippen LogP contribution in [-0.2, 0) is 16.0 Å². The summed E-state index contributed by atoms with van der Waals surface area (Å²) >= 11 is 0. The Kier molecular flexibility index (Phi) is 4.93. The van der Waals surface area contributed by atoms with Gasteiger partial charge in [-0.25, -0.2) is 0 Å². The molecule has 0 unspecified atom stereocenters. The molecule has 3 amide bonds. The Hall–Kier alpha value is -2.31. The minimum atomic E-state index is -0.429. The molecule has 1 aromatic heterocycles. The van der Waals surface area contributed by atoms with Crippen molar-refractivity contribution in [2.24, 2.45) is 11.8 Å². The van der Waals surface area contributed by atoms with E-state index in [2.05, 4.69) is 15.6 Å². The summed E-state index contributed by atoms with van der Waals surface area (Å²) in [6.07, 6.45) is 7.03. The second kappa shape index (κ2) is 7.37. The molecule has 3 heterocycles. The van der Waals surface area contributed by atoms with E-state index in [-0.39, 0.29) is 29.7 Å². The number of aromatic amines is 1. The number of amides is 3. The Morgan fingerprint density at radius 3 is 2.81 bits per heavy atom. The molecule has 2 fully saturated rings. The van der Waals surface area contributed by atoms with Gasteiger partial charge in [-0.05, 0) is 50.2 Å². The zero-order valence-electron chi connectivity index (χ0n) is 15.8. The van der Waals surface area contributed by atoms with Crippen LogP contribution < -0.4 is 10.6 Å². The van der Waals surface area contributed by atoms with Crippen molar-refractivity contribution in [2.45, 2.75) is 57.5 Å². The molecule has 2 aliphatic heterocycles. The lowest BCUT2D eigenvalue weighted by Crippen LogP contribution is -2.53. The van der Waals surface area contributed by atoms with Crippen LogP contribution >= 0.6 is 0 Å². The highest BCUT2D eigenvalue weighted by Gasteiger charge is 2.39. The molecule has 7 nitrogen and oxygen atoms in total. The van der Waals surface area contributed by atoms with Gasteiger partial charge in [-0.1, -0.05) is 12.8 Å². The second-order valence-corrected chi connectivity index (χ2v) is 8.24. The maximum atomic E-state index is 13.1.